The summed E-state index contributed by atoms with van der Waals surface area (Å²) in [7, 11) is 1.48. The Morgan fingerprint density at radius 2 is 1.90 bits per heavy atom. The molecule has 0 bridgehead atoms. The molecular formula is C15H20O5. The lowest BCUT2D eigenvalue weighted by atomic mass is 10.1. The van der Waals surface area contributed by atoms with Gasteiger partial charge < -0.3 is 14.2 Å². The first kappa shape index (κ1) is 16.0. The van der Waals surface area contributed by atoms with E-state index in [1.165, 1.54) is 14.0 Å². The maximum Gasteiger partial charge on any atom is 0.347 e. The minimum Gasteiger partial charge on any atom is -0.493 e. The van der Waals surface area contributed by atoms with Crippen LogP contribution < -0.4 is 9.47 Å². The molecule has 5 nitrogen and oxygen atoms in total. The highest BCUT2D eigenvalue weighted by Gasteiger charge is 2.21. The van der Waals surface area contributed by atoms with Crippen molar-refractivity contribution in [3.8, 4) is 11.5 Å². The Morgan fingerprint density at radius 1 is 1.20 bits per heavy atom. The van der Waals surface area contributed by atoms with Crippen LogP contribution in [0.25, 0.3) is 0 Å². The van der Waals surface area contributed by atoms with E-state index in [0.717, 1.165) is 0 Å². The number of Topliss-reactive ketones (excluding diaryl/α,β-unsaturated/α-hetero) is 1. The number of carbonyl (C=O) groups is 2. The minimum atomic E-state index is -0.688. The van der Waals surface area contributed by atoms with Crippen molar-refractivity contribution in [2.45, 2.75) is 33.3 Å². The Bertz CT molecular complexity index is 481. The molecule has 0 aliphatic heterocycles. The van der Waals surface area contributed by atoms with Gasteiger partial charge in [0.25, 0.3) is 0 Å². The van der Waals surface area contributed by atoms with Crippen LogP contribution in [-0.4, -0.2) is 31.6 Å². The summed E-state index contributed by atoms with van der Waals surface area (Å²) < 4.78 is 15.8. The topological polar surface area (TPSA) is 61.8 Å². The Morgan fingerprint density at radius 3 is 2.40 bits per heavy atom. The monoisotopic (exact) mass is 280 g/mol. The molecule has 0 N–H and O–H groups in total. The molecule has 20 heavy (non-hydrogen) atoms. The van der Waals surface area contributed by atoms with E-state index in [1.807, 2.05) is 6.92 Å². The molecule has 1 atom stereocenters. The maximum atomic E-state index is 11.7. The molecule has 0 spiro atoms. The van der Waals surface area contributed by atoms with Crippen LogP contribution in [0.5, 0.6) is 11.5 Å². The third-order valence-corrected chi connectivity index (χ3v) is 2.76. The average molecular weight is 280 g/mol. The largest absolute Gasteiger partial charge is 0.493 e. The molecule has 0 fully saturated rings. The number of rotatable bonds is 7. The molecule has 0 saturated carbocycles. The van der Waals surface area contributed by atoms with Crippen molar-refractivity contribution in [2.24, 2.45) is 0 Å². The van der Waals surface area contributed by atoms with Crippen molar-refractivity contribution in [1.29, 1.82) is 0 Å². The van der Waals surface area contributed by atoms with Crippen LogP contribution >= 0.6 is 0 Å². The zero-order valence-electron chi connectivity index (χ0n) is 12.3. The van der Waals surface area contributed by atoms with E-state index in [2.05, 4.69) is 0 Å². The lowest BCUT2D eigenvalue weighted by molar-refractivity contribution is -0.151. The van der Waals surface area contributed by atoms with Gasteiger partial charge >= 0.3 is 5.97 Å². The zero-order valence-corrected chi connectivity index (χ0v) is 12.3. The molecule has 0 amide bonds. The van der Waals surface area contributed by atoms with Crippen LogP contribution in [-0.2, 0) is 9.53 Å². The van der Waals surface area contributed by atoms with Gasteiger partial charge in [0.05, 0.1) is 13.7 Å². The highest BCUT2D eigenvalue weighted by atomic mass is 16.6. The van der Waals surface area contributed by atoms with Gasteiger partial charge in [0.2, 0.25) is 0 Å². The second kappa shape index (κ2) is 7.53. The standard InChI is InChI=1S/C15H20O5/c1-5-12(15(17)19-6-2)20-13-8-7-11(10(3)16)9-14(13)18-4/h7-9,12H,5-6H2,1-4H3. The predicted octanol–water partition coefficient (Wildman–Crippen LogP) is 2.62. The fourth-order valence-electron chi connectivity index (χ4n) is 1.67. The molecule has 0 aliphatic rings. The highest BCUT2D eigenvalue weighted by Crippen LogP contribution is 2.29. The number of hydrogen-bond donors (Lipinski definition) is 0. The van der Waals surface area contributed by atoms with Gasteiger partial charge in [-0.2, -0.15) is 0 Å². The van der Waals surface area contributed by atoms with E-state index < -0.39 is 12.1 Å². The average Bonchev–Trinajstić information content (AvgIpc) is 2.44. The van der Waals surface area contributed by atoms with Crippen LogP contribution in [0.3, 0.4) is 0 Å². The molecule has 1 aromatic carbocycles. The highest BCUT2D eigenvalue weighted by molar-refractivity contribution is 5.94. The number of carbonyl (C=O) groups excluding carboxylic acids is 2. The first-order chi connectivity index (χ1) is 9.53. The smallest absolute Gasteiger partial charge is 0.347 e. The number of ketones is 1. The van der Waals surface area contributed by atoms with Crippen LogP contribution in [0.4, 0.5) is 0 Å². The van der Waals surface area contributed by atoms with Crippen molar-refractivity contribution in [1.82, 2.24) is 0 Å². The van der Waals surface area contributed by atoms with E-state index >= 15 is 0 Å². The van der Waals surface area contributed by atoms with E-state index in [-0.39, 0.29) is 5.78 Å². The molecule has 1 rings (SSSR count). The summed E-state index contributed by atoms with van der Waals surface area (Å²) >= 11 is 0. The van der Waals surface area contributed by atoms with E-state index in [0.29, 0.717) is 30.1 Å². The summed E-state index contributed by atoms with van der Waals surface area (Å²) in [6, 6.07) is 4.85. The summed E-state index contributed by atoms with van der Waals surface area (Å²) in [6.07, 6.45) is -0.205. The van der Waals surface area contributed by atoms with Gasteiger partial charge in [-0.1, -0.05) is 6.92 Å². The number of benzene rings is 1. The van der Waals surface area contributed by atoms with Crippen molar-refractivity contribution in [3.05, 3.63) is 23.8 Å². The minimum absolute atomic E-state index is 0.0627. The molecule has 0 aromatic heterocycles. The summed E-state index contributed by atoms with van der Waals surface area (Å²) in [6.45, 7) is 5.35. The van der Waals surface area contributed by atoms with Crippen LogP contribution in [0, 0.1) is 0 Å². The van der Waals surface area contributed by atoms with Gasteiger partial charge in [0, 0.05) is 5.56 Å². The molecule has 1 aromatic rings. The third kappa shape index (κ3) is 3.98. The maximum absolute atomic E-state index is 11.7. The number of esters is 1. The van der Waals surface area contributed by atoms with Gasteiger partial charge in [-0.05, 0) is 38.5 Å². The molecule has 0 aliphatic carbocycles. The first-order valence-corrected chi connectivity index (χ1v) is 6.55. The van der Waals surface area contributed by atoms with Gasteiger partial charge in [0.1, 0.15) is 0 Å². The SMILES string of the molecule is CCOC(=O)C(CC)Oc1ccc(C(C)=O)cc1OC. The summed E-state index contributed by atoms with van der Waals surface area (Å²) in [5.41, 5.74) is 0.526. The summed E-state index contributed by atoms with van der Waals surface area (Å²) in [4.78, 5) is 23.0. The predicted molar refractivity (Wildman–Crippen MR) is 74.3 cm³/mol. The molecular weight excluding hydrogens is 260 g/mol. The lowest BCUT2D eigenvalue weighted by Crippen LogP contribution is -2.28. The van der Waals surface area contributed by atoms with Crippen molar-refractivity contribution >= 4 is 11.8 Å². The third-order valence-electron chi connectivity index (χ3n) is 2.76. The Labute approximate surface area is 118 Å². The molecule has 5 heteroatoms. The van der Waals surface area contributed by atoms with Crippen molar-refractivity contribution < 1.29 is 23.8 Å². The van der Waals surface area contributed by atoms with Crippen LogP contribution in [0.15, 0.2) is 18.2 Å². The van der Waals surface area contributed by atoms with Crippen molar-refractivity contribution in [2.75, 3.05) is 13.7 Å². The van der Waals surface area contributed by atoms with Crippen molar-refractivity contribution in [3.63, 3.8) is 0 Å². The normalized spacial score (nSPS) is 11.6. The van der Waals surface area contributed by atoms with E-state index in [9.17, 15) is 9.59 Å². The quantitative estimate of drug-likeness (QED) is 0.567. The fourth-order valence-corrected chi connectivity index (χ4v) is 1.67. The van der Waals surface area contributed by atoms with Gasteiger partial charge in [-0.25, -0.2) is 4.79 Å². The summed E-state index contributed by atoms with van der Waals surface area (Å²) in [5, 5.41) is 0. The zero-order chi connectivity index (χ0) is 15.1. The van der Waals surface area contributed by atoms with E-state index in [4.69, 9.17) is 14.2 Å². The molecule has 0 radical (unpaired) electrons. The fraction of sp³-hybridized carbons (Fsp3) is 0.467. The van der Waals surface area contributed by atoms with Crippen LogP contribution in [0.1, 0.15) is 37.6 Å². The van der Waals surface area contributed by atoms with Gasteiger partial charge in [-0.15, -0.1) is 0 Å². The number of methoxy groups -OCH3 is 1. The Hall–Kier alpha value is -2.04. The lowest BCUT2D eigenvalue weighted by Gasteiger charge is -2.18. The Kier molecular flexibility index (Phi) is 6.03. The molecule has 1 unspecified atom stereocenters. The number of ether oxygens (including phenoxy) is 3. The van der Waals surface area contributed by atoms with Gasteiger partial charge in [-0.3, -0.25) is 4.79 Å². The number of hydrogen-bond acceptors (Lipinski definition) is 5. The molecule has 0 heterocycles. The Balaban J connectivity index is 2.95. The second-order valence-electron chi connectivity index (χ2n) is 4.19. The second-order valence-corrected chi connectivity index (χ2v) is 4.19. The molecule has 110 valence electrons. The summed E-state index contributed by atoms with van der Waals surface area (Å²) in [5.74, 6) is 0.359. The first-order valence-electron chi connectivity index (χ1n) is 6.55. The van der Waals surface area contributed by atoms with Gasteiger partial charge in [0.15, 0.2) is 23.4 Å². The van der Waals surface area contributed by atoms with Crippen LogP contribution in [0.2, 0.25) is 0 Å². The van der Waals surface area contributed by atoms with E-state index in [1.54, 1.807) is 25.1 Å². The molecule has 0 saturated heterocycles.